The van der Waals surface area contributed by atoms with Crippen LogP contribution in [0.3, 0.4) is 0 Å². The lowest BCUT2D eigenvalue weighted by Gasteiger charge is -2.30. The van der Waals surface area contributed by atoms with Crippen LogP contribution in [-0.4, -0.2) is 12.1 Å². The number of benzene rings is 2. The lowest BCUT2D eigenvalue weighted by molar-refractivity contribution is -0.359. The van der Waals surface area contributed by atoms with E-state index in [-0.39, 0.29) is 17.5 Å². The van der Waals surface area contributed by atoms with Crippen molar-refractivity contribution in [3.8, 4) is 0 Å². The molecule has 0 heterocycles. The topological polar surface area (TPSA) is 0 Å². The summed E-state index contributed by atoms with van der Waals surface area (Å²) in [6.07, 6.45) is -6.54. The smallest absolute Gasteiger partial charge is 0.194 e. The van der Waals surface area contributed by atoms with Gasteiger partial charge in [-0.25, -0.2) is 0 Å². The Morgan fingerprint density at radius 2 is 1.24 bits per heavy atom. The Hall–Kier alpha value is -2.05. The van der Waals surface area contributed by atoms with E-state index in [2.05, 4.69) is 0 Å². The van der Waals surface area contributed by atoms with Gasteiger partial charge in [0, 0.05) is 5.56 Å². The Morgan fingerprint density at radius 3 is 1.76 bits per heavy atom. The number of alkyl halides is 7. The van der Waals surface area contributed by atoms with Crippen LogP contribution in [0.15, 0.2) is 42.5 Å². The standard InChI is InChI=1S/C18H15F7/c1-11-3-6-13(7-4-11)10-14-8-5-12(2)9-15(14)16(19,20)17(21,22)18(23,24)25/h3-9H,10H2,1-2H3. The molecule has 0 saturated carbocycles. The normalized spacial score (nSPS) is 13.2. The maximum Gasteiger partial charge on any atom is 0.460 e. The highest BCUT2D eigenvalue weighted by atomic mass is 19.4. The highest BCUT2D eigenvalue weighted by Crippen LogP contribution is 2.52. The van der Waals surface area contributed by atoms with E-state index >= 15 is 0 Å². The van der Waals surface area contributed by atoms with Crippen molar-refractivity contribution in [3.63, 3.8) is 0 Å². The van der Waals surface area contributed by atoms with E-state index in [4.69, 9.17) is 0 Å². The Labute approximate surface area is 140 Å². The van der Waals surface area contributed by atoms with E-state index in [1.165, 1.54) is 13.0 Å². The van der Waals surface area contributed by atoms with Gasteiger partial charge in [-0.15, -0.1) is 0 Å². The molecule has 0 nitrogen and oxygen atoms in total. The van der Waals surface area contributed by atoms with Gasteiger partial charge in [0.15, 0.2) is 0 Å². The van der Waals surface area contributed by atoms with Crippen LogP contribution >= 0.6 is 0 Å². The zero-order valence-electron chi connectivity index (χ0n) is 13.4. The largest absolute Gasteiger partial charge is 0.460 e. The van der Waals surface area contributed by atoms with Crippen LogP contribution < -0.4 is 0 Å². The summed E-state index contributed by atoms with van der Waals surface area (Å²) in [5.41, 5.74) is 0.0164. The molecule has 0 bridgehead atoms. The number of hydrogen-bond acceptors (Lipinski definition) is 0. The molecule has 7 heteroatoms. The number of rotatable bonds is 4. The van der Waals surface area contributed by atoms with Crippen molar-refractivity contribution in [1.29, 1.82) is 0 Å². The van der Waals surface area contributed by atoms with E-state index in [0.29, 0.717) is 11.6 Å². The van der Waals surface area contributed by atoms with E-state index < -0.39 is 23.6 Å². The lowest BCUT2D eigenvalue weighted by Crippen LogP contribution is -2.50. The zero-order valence-corrected chi connectivity index (χ0v) is 13.4. The molecule has 2 aromatic carbocycles. The summed E-state index contributed by atoms with van der Waals surface area (Å²) < 4.78 is 92.6. The molecule has 0 aliphatic heterocycles. The minimum Gasteiger partial charge on any atom is -0.194 e. The maximum absolute atomic E-state index is 14.2. The van der Waals surface area contributed by atoms with Gasteiger partial charge < -0.3 is 0 Å². The average molecular weight is 364 g/mol. The second-order valence-corrected chi connectivity index (χ2v) is 5.97. The minimum atomic E-state index is -6.36. The van der Waals surface area contributed by atoms with Crippen molar-refractivity contribution in [3.05, 3.63) is 70.3 Å². The number of hydrogen-bond donors (Lipinski definition) is 0. The van der Waals surface area contributed by atoms with Crippen LogP contribution in [-0.2, 0) is 12.3 Å². The first-order valence-electron chi connectivity index (χ1n) is 7.34. The molecule has 0 unspecified atom stereocenters. The minimum absolute atomic E-state index is 0.167. The molecule has 25 heavy (non-hydrogen) atoms. The summed E-state index contributed by atoms with van der Waals surface area (Å²) in [7, 11) is 0. The summed E-state index contributed by atoms with van der Waals surface area (Å²) in [4.78, 5) is 0. The van der Waals surface area contributed by atoms with Crippen molar-refractivity contribution < 1.29 is 30.7 Å². The highest BCUT2D eigenvalue weighted by molar-refractivity contribution is 5.40. The van der Waals surface area contributed by atoms with Crippen molar-refractivity contribution >= 4 is 0 Å². The van der Waals surface area contributed by atoms with Gasteiger partial charge in [-0.05, 0) is 37.5 Å². The van der Waals surface area contributed by atoms with Crippen molar-refractivity contribution in [2.24, 2.45) is 0 Å². The van der Waals surface area contributed by atoms with Gasteiger partial charge in [0.2, 0.25) is 0 Å². The zero-order chi connectivity index (χ0) is 19.0. The van der Waals surface area contributed by atoms with Crippen LogP contribution in [0.1, 0.15) is 27.8 Å². The molecule has 0 saturated heterocycles. The quantitative estimate of drug-likeness (QED) is 0.568. The van der Waals surface area contributed by atoms with E-state index in [1.54, 1.807) is 31.2 Å². The number of aryl methyl sites for hydroxylation is 2. The summed E-state index contributed by atoms with van der Waals surface area (Å²) >= 11 is 0. The van der Waals surface area contributed by atoms with Crippen LogP contribution in [0.5, 0.6) is 0 Å². The first-order valence-corrected chi connectivity index (χ1v) is 7.34. The third-order valence-electron chi connectivity index (χ3n) is 3.87. The Kier molecular flexibility index (Phi) is 4.90. The van der Waals surface area contributed by atoms with Crippen LogP contribution in [0.4, 0.5) is 30.7 Å². The predicted octanol–water partition coefficient (Wildman–Crippen LogP) is 6.18. The third kappa shape index (κ3) is 3.65. The second-order valence-electron chi connectivity index (χ2n) is 5.97. The number of halogens is 7. The lowest BCUT2D eigenvalue weighted by atomic mass is 9.91. The molecule has 0 atom stereocenters. The molecule has 2 rings (SSSR count). The van der Waals surface area contributed by atoms with Gasteiger partial charge >= 0.3 is 18.0 Å². The molecule has 0 aliphatic rings. The maximum atomic E-state index is 14.2. The van der Waals surface area contributed by atoms with E-state index in [0.717, 1.165) is 11.6 Å². The van der Waals surface area contributed by atoms with Crippen molar-refractivity contribution in [2.45, 2.75) is 38.3 Å². The predicted molar refractivity (Wildman–Crippen MR) is 80.1 cm³/mol. The molecule has 0 aliphatic carbocycles. The van der Waals surface area contributed by atoms with Crippen LogP contribution in [0.25, 0.3) is 0 Å². The Morgan fingerprint density at radius 1 is 0.720 bits per heavy atom. The first kappa shape index (κ1) is 19.3. The molecule has 0 fully saturated rings. The summed E-state index contributed by atoms with van der Waals surface area (Å²) in [6.45, 7) is 3.15. The van der Waals surface area contributed by atoms with Crippen LogP contribution in [0.2, 0.25) is 0 Å². The molecule has 0 aromatic heterocycles. The van der Waals surface area contributed by atoms with Gasteiger partial charge in [0.1, 0.15) is 0 Å². The SMILES string of the molecule is Cc1ccc(Cc2ccc(C)cc2C(F)(F)C(F)(F)C(F)(F)F)cc1. The average Bonchev–Trinajstić information content (AvgIpc) is 2.50. The summed E-state index contributed by atoms with van der Waals surface area (Å²) in [6, 6.07) is 9.86. The monoisotopic (exact) mass is 364 g/mol. The second kappa shape index (κ2) is 6.35. The molecule has 2 aromatic rings. The summed E-state index contributed by atoms with van der Waals surface area (Å²) in [5.74, 6) is -11.5. The van der Waals surface area contributed by atoms with Crippen molar-refractivity contribution in [2.75, 3.05) is 0 Å². The Balaban J connectivity index is 2.53. The van der Waals surface area contributed by atoms with Gasteiger partial charge in [-0.2, -0.15) is 30.7 Å². The van der Waals surface area contributed by atoms with Gasteiger partial charge in [-0.3, -0.25) is 0 Å². The van der Waals surface area contributed by atoms with Crippen LogP contribution in [0, 0.1) is 13.8 Å². The highest BCUT2D eigenvalue weighted by Gasteiger charge is 2.73. The van der Waals surface area contributed by atoms with Crippen molar-refractivity contribution in [1.82, 2.24) is 0 Å². The van der Waals surface area contributed by atoms with Gasteiger partial charge in [0.05, 0.1) is 0 Å². The fourth-order valence-electron chi connectivity index (χ4n) is 2.41. The summed E-state index contributed by atoms with van der Waals surface area (Å²) in [5, 5.41) is 0. The fourth-order valence-corrected chi connectivity index (χ4v) is 2.41. The van der Waals surface area contributed by atoms with Gasteiger partial charge in [0.25, 0.3) is 0 Å². The van der Waals surface area contributed by atoms with E-state index in [1.807, 2.05) is 0 Å². The van der Waals surface area contributed by atoms with Gasteiger partial charge in [-0.1, -0.05) is 47.5 Å². The Bertz CT molecular complexity index is 743. The molecule has 0 spiro atoms. The first-order chi connectivity index (χ1) is 11.4. The molecule has 0 radical (unpaired) electrons. The fraction of sp³-hybridized carbons (Fsp3) is 0.333. The molecular formula is C18H15F7. The molecule has 0 amide bonds. The molecule has 136 valence electrons. The molecular weight excluding hydrogens is 349 g/mol. The molecule has 0 N–H and O–H groups in total. The third-order valence-corrected chi connectivity index (χ3v) is 3.87. The van der Waals surface area contributed by atoms with E-state index in [9.17, 15) is 30.7 Å².